The van der Waals surface area contributed by atoms with Gasteiger partial charge in [-0.3, -0.25) is 0 Å². The minimum atomic E-state index is 0.1000. The van der Waals surface area contributed by atoms with Gasteiger partial charge in [0.1, 0.15) is 5.84 Å². The van der Waals surface area contributed by atoms with Crippen molar-refractivity contribution in [3.05, 3.63) is 35.9 Å². The van der Waals surface area contributed by atoms with E-state index in [1.807, 2.05) is 18.2 Å². The third kappa shape index (κ3) is 4.46. The van der Waals surface area contributed by atoms with Crippen LogP contribution in [0.4, 0.5) is 0 Å². The van der Waals surface area contributed by atoms with E-state index in [1.54, 1.807) is 0 Å². The Morgan fingerprint density at radius 2 is 2.05 bits per heavy atom. The summed E-state index contributed by atoms with van der Waals surface area (Å²) in [5.41, 5.74) is 6.92. The second-order valence-corrected chi connectivity index (χ2v) is 6.43. The van der Waals surface area contributed by atoms with Crippen LogP contribution in [0.25, 0.3) is 0 Å². The molecule has 0 spiro atoms. The number of oxime groups is 1. The molecule has 4 unspecified atom stereocenters. The zero-order valence-electron chi connectivity index (χ0n) is 13.0. The first kappa shape index (κ1) is 15.8. The molecule has 4 heteroatoms. The maximum absolute atomic E-state index is 8.86. The van der Waals surface area contributed by atoms with Crippen molar-refractivity contribution in [3.8, 4) is 0 Å². The van der Waals surface area contributed by atoms with Crippen LogP contribution in [-0.4, -0.2) is 17.1 Å². The highest BCUT2D eigenvalue weighted by Gasteiger charge is 2.27. The van der Waals surface area contributed by atoms with Crippen molar-refractivity contribution in [1.82, 2.24) is 5.32 Å². The number of benzene rings is 1. The minimum Gasteiger partial charge on any atom is -0.409 e. The van der Waals surface area contributed by atoms with Gasteiger partial charge in [-0.1, -0.05) is 49.3 Å². The quantitative estimate of drug-likeness (QED) is 0.337. The normalized spacial score (nSPS) is 28.3. The van der Waals surface area contributed by atoms with Gasteiger partial charge in [0, 0.05) is 18.5 Å². The van der Waals surface area contributed by atoms with Gasteiger partial charge < -0.3 is 16.3 Å². The van der Waals surface area contributed by atoms with Gasteiger partial charge in [-0.05, 0) is 36.7 Å². The van der Waals surface area contributed by atoms with E-state index in [0.29, 0.717) is 18.4 Å². The molecule has 2 rings (SSSR count). The highest BCUT2D eigenvalue weighted by Crippen LogP contribution is 2.30. The van der Waals surface area contributed by atoms with Crippen molar-refractivity contribution in [2.45, 2.75) is 51.6 Å². The van der Waals surface area contributed by atoms with E-state index in [9.17, 15) is 0 Å². The van der Waals surface area contributed by atoms with Crippen LogP contribution in [0.5, 0.6) is 0 Å². The van der Waals surface area contributed by atoms with Crippen molar-refractivity contribution in [1.29, 1.82) is 0 Å². The van der Waals surface area contributed by atoms with Gasteiger partial charge in [-0.2, -0.15) is 0 Å². The lowest BCUT2D eigenvalue weighted by atomic mass is 9.79. The van der Waals surface area contributed by atoms with Crippen LogP contribution < -0.4 is 11.1 Å². The monoisotopic (exact) mass is 289 g/mol. The van der Waals surface area contributed by atoms with E-state index >= 15 is 0 Å². The molecule has 1 aliphatic rings. The Kier molecular flexibility index (Phi) is 5.62. The largest absolute Gasteiger partial charge is 0.409 e. The Hall–Kier alpha value is -1.55. The number of nitrogens with two attached hydrogens (primary N) is 1. The first-order chi connectivity index (χ1) is 10.1. The molecule has 0 radical (unpaired) electrons. The van der Waals surface area contributed by atoms with Gasteiger partial charge in [0.05, 0.1) is 0 Å². The molecule has 0 bridgehead atoms. The van der Waals surface area contributed by atoms with Crippen molar-refractivity contribution >= 4 is 5.84 Å². The Bertz CT molecular complexity index is 460. The second kappa shape index (κ2) is 7.46. The zero-order valence-corrected chi connectivity index (χ0v) is 13.0. The summed E-state index contributed by atoms with van der Waals surface area (Å²) in [6.45, 7) is 4.65. The molecule has 4 N–H and O–H groups in total. The molecule has 1 saturated carbocycles. The fraction of sp³-hybridized carbons (Fsp3) is 0.588. The lowest BCUT2D eigenvalue weighted by Crippen LogP contribution is -2.42. The lowest BCUT2D eigenvalue weighted by molar-refractivity contribution is 0.214. The summed E-state index contributed by atoms with van der Waals surface area (Å²) in [5, 5.41) is 15.7. The molecule has 0 heterocycles. The second-order valence-electron chi connectivity index (χ2n) is 6.43. The van der Waals surface area contributed by atoms with E-state index in [2.05, 4.69) is 36.5 Å². The van der Waals surface area contributed by atoms with Crippen LogP contribution in [0.1, 0.15) is 51.1 Å². The van der Waals surface area contributed by atoms with Crippen molar-refractivity contribution in [2.24, 2.45) is 22.7 Å². The number of nitrogens with one attached hydrogen (secondary N) is 1. The zero-order chi connectivity index (χ0) is 15.2. The summed E-state index contributed by atoms with van der Waals surface area (Å²) in [7, 11) is 0. The van der Waals surface area contributed by atoms with Crippen molar-refractivity contribution in [3.63, 3.8) is 0 Å². The lowest BCUT2D eigenvalue weighted by Gasteiger charge is -2.36. The topological polar surface area (TPSA) is 70.6 Å². The van der Waals surface area contributed by atoms with Gasteiger partial charge in [-0.15, -0.1) is 0 Å². The predicted octanol–water partition coefficient (Wildman–Crippen LogP) is 3.28. The number of rotatable bonds is 5. The van der Waals surface area contributed by atoms with E-state index in [1.165, 1.54) is 24.8 Å². The van der Waals surface area contributed by atoms with E-state index in [0.717, 1.165) is 5.92 Å². The Morgan fingerprint density at radius 3 is 2.67 bits per heavy atom. The fourth-order valence-electron chi connectivity index (χ4n) is 3.38. The molecule has 21 heavy (non-hydrogen) atoms. The highest BCUT2D eigenvalue weighted by atomic mass is 16.4. The molecular weight excluding hydrogens is 262 g/mol. The van der Waals surface area contributed by atoms with Gasteiger partial charge in [0.15, 0.2) is 0 Å². The molecule has 0 aromatic heterocycles. The smallest absolute Gasteiger partial charge is 0.141 e. The molecular formula is C17H27N3O. The van der Waals surface area contributed by atoms with Crippen LogP contribution in [-0.2, 0) is 0 Å². The number of nitrogens with zero attached hydrogens (tertiary/aromatic N) is 1. The van der Waals surface area contributed by atoms with E-state index in [-0.39, 0.29) is 11.9 Å². The Labute approximate surface area is 127 Å². The van der Waals surface area contributed by atoms with Crippen molar-refractivity contribution in [2.75, 3.05) is 0 Å². The first-order valence-electron chi connectivity index (χ1n) is 7.87. The minimum absolute atomic E-state index is 0.1000. The van der Waals surface area contributed by atoms with E-state index in [4.69, 9.17) is 10.9 Å². The summed E-state index contributed by atoms with van der Waals surface area (Å²) >= 11 is 0. The van der Waals surface area contributed by atoms with Crippen LogP contribution in [0.2, 0.25) is 0 Å². The molecule has 116 valence electrons. The summed E-state index contributed by atoms with van der Waals surface area (Å²) in [6, 6.07) is 10.9. The molecule has 4 atom stereocenters. The standard InChI is InChI=1S/C17H27N3O/c1-12-8-9-15(13(2)10-12)19-16(11-17(18)20-21)14-6-4-3-5-7-14/h3-7,12-13,15-16,19,21H,8-11H2,1-2H3,(H2,18,20). The molecule has 4 nitrogen and oxygen atoms in total. The van der Waals surface area contributed by atoms with E-state index < -0.39 is 0 Å². The predicted molar refractivity (Wildman–Crippen MR) is 86.3 cm³/mol. The Balaban J connectivity index is 2.09. The first-order valence-corrected chi connectivity index (χ1v) is 7.87. The van der Waals surface area contributed by atoms with Crippen LogP contribution in [0.15, 0.2) is 35.5 Å². The average molecular weight is 289 g/mol. The molecule has 1 aromatic rings. The molecule has 1 aliphatic carbocycles. The summed E-state index contributed by atoms with van der Waals surface area (Å²) < 4.78 is 0. The fourth-order valence-corrected chi connectivity index (χ4v) is 3.38. The van der Waals surface area contributed by atoms with Crippen LogP contribution >= 0.6 is 0 Å². The third-order valence-corrected chi connectivity index (χ3v) is 4.59. The number of hydrogen-bond donors (Lipinski definition) is 3. The maximum atomic E-state index is 8.86. The number of hydrogen-bond acceptors (Lipinski definition) is 3. The van der Waals surface area contributed by atoms with Gasteiger partial charge in [-0.25, -0.2) is 0 Å². The molecule has 0 aliphatic heterocycles. The summed E-state index contributed by atoms with van der Waals surface area (Å²) in [5.74, 6) is 1.75. The summed E-state index contributed by atoms with van der Waals surface area (Å²) in [4.78, 5) is 0. The maximum Gasteiger partial charge on any atom is 0.141 e. The van der Waals surface area contributed by atoms with Gasteiger partial charge in [0.25, 0.3) is 0 Å². The highest BCUT2D eigenvalue weighted by molar-refractivity contribution is 5.80. The SMILES string of the molecule is CC1CCC(NC(CC(N)=NO)c2ccccc2)C(C)C1. The molecule has 0 saturated heterocycles. The molecule has 1 aromatic carbocycles. The number of amidine groups is 1. The Morgan fingerprint density at radius 1 is 1.33 bits per heavy atom. The average Bonchev–Trinajstić information content (AvgIpc) is 2.49. The van der Waals surface area contributed by atoms with Crippen molar-refractivity contribution < 1.29 is 5.21 Å². The molecule has 0 amide bonds. The summed E-state index contributed by atoms with van der Waals surface area (Å²) in [6.07, 6.45) is 4.26. The van der Waals surface area contributed by atoms with Crippen LogP contribution in [0.3, 0.4) is 0 Å². The third-order valence-electron chi connectivity index (χ3n) is 4.59. The van der Waals surface area contributed by atoms with Gasteiger partial charge in [0.2, 0.25) is 0 Å². The molecule has 1 fully saturated rings. The van der Waals surface area contributed by atoms with Crippen LogP contribution in [0, 0.1) is 11.8 Å². The van der Waals surface area contributed by atoms with Gasteiger partial charge >= 0.3 is 0 Å².